The van der Waals surface area contributed by atoms with E-state index in [2.05, 4.69) is 0 Å². The van der Waals surface area contributed by atoms with E-state index >= 15 is 0 Å². The first-order chi connectivity index (χ1) is 15.9. The van der Waals surface area contributed by atoms with E-state index in [0.29, 0.717) is 29.9 Å². The van der Waals surface area contributed by atoms with Crippen LogP contribution in [0.2, 0.25) is 0 Å². The van der Waals surface area contributed by atoms with Crippen LogP contribution in [0.5, 0.6) is 11.5 Å². The van der Waals surface area contributed by atoms with Crippen molar-refractivity contribution >= 4 is 16.0 Å². The third-order valence-corrected chi connectivity index (χ3v) is 6.08. The molecule has 6 nitrogen and oxygen atoms in total. The number of hydrogen-bond acceptors (Lipinski definition) is 5. The molecule has 2 N–H and O–H groups in total. The molecular weight excluding hydrogens is 457 g/mol. The first-order valence-electron chi connectivity index (χ1n) is 11.7. The number of ether oxygens (including phenoxy) is 2. The molecular formula is C26H36FNO5S. The molecule has 0 bridgehead atoms. The van der Waals surface area contributed by atoms with Crippen LogP contribution in [-0.4, -0.2) is 20.0 Å². The van der Waals surface area contributed by atoms with Crippen LogP contribution in [0.4, 0.5) is 4.39 Å². The minimum Gasteiger partial charge on any atom is -0.460 e. The molecule has 0 aliphatic carbocycles. The lowest BCUT2D eigenvalue weighted by Crippen LogP contribution is -2.23. The second-order valence-electron chi connectivity index (χ2n) is 9.43. The highest BCUT2D eigenvalue weighted by Crippen LogP contribution is 2.26. The number of nitrogens with two attached hydrogens (primary N) is 1. The summed E-state index contributed by atoms with van der Waals surface area (Å²) in [4.78, 5) is 11.7. The van der Waals surface area contributed by atoms with Gasteiger partial charge in [0.2, 0.25) is 10.0 Å². The molecule has 2 aromatic carbocycles. The van der Waals surface area contributed by atoms with Crippen molar-refractivity contribution in [2.45, 2.75) is 89.1 Å². The monoisotopic (exact) mass is 493 g/mol. The number of primary sulfonamides is 1. The molecule has 34 heavy (non-hydrogen) atoms. The number of benzene rings is 2. The Labute approximate surface area is 202 Å². The number of carbonyl (C=O) groups excluding carboxylic acids is 1. The summed E-state index contributed by atoms with van der Waals surface area (Å²) in [7, 11) is -3.76. The standard InChI is InChI=1S/C26H36FNO5S/c1-26(2,3)33-25(29)12-10-8-6-4-5-7-9-11-20-19-22(15-18-24(20)27)32-21-13-16-23(17-14-21)34(28,30)31/h13-19H,4-12H2,1-3H3,(H2,28,30,31). The summed E-state index contributed by atoms with van der Waals surface area (Å²) in [5.74, 6) is 0.529. The fourth-order valence-electron chi connectivity index (χ4n) is 3.50. The van der Waals surface area contributed by atoms with Gasteiger partial charge < -0.3 is 9.47 Å². The lowest BCUT2D eigenvalue weighted by molar-refractivity contribution is -0.154. The molecule has 2 aromatic rings. The van der Waals surface area contributed by atoms with Crippen molar-refractivity contribution in [3.63, 3.8) is 0 Å². The maximum Gasteiger partial charge on any atom is 0.306 e. The average molecular weight is 494 g/mol. The van der Waals surface area contributed by atoms with Gasteiger partial charge in [-0.15, -0.1) is 0 Å². The highest BCUT2D eigenvalue weighted by atomic mass is 32.2. The molecule has 0 spiro atoms. The minimum absolute atomic E-state index is 0.00249. The van der Waals surface area contributed by atoms with E-state index in [1.54, 1.807) is 12.1 Å². The van der Waals surface area contributed by atoms with Crippen LogP contribution in [0.1, 0.15) is 77.7 Å². The van der Waals surface area contributed by atoms with Gasteiger partial charge in [-0.05, 0) is 88.1 Å². The van der Waals surface area contributed by atoms with Crippen LogP contribution < -0.4 is 9.88 Å². The number of hydrogen-bond donors (Lipinski definition) is 1. The summed E-state index contributed by atoms with van der Waals surface area (Å²) in [6.07, 6.45) is 8.05. The Kier molecular flexibility index (Phi) is 10.5. The van der Waals surface area contributed by atoms with E-state index in [1.165, 1.54) is 30.3 Å². The Morgan fingerprint density at radius 2 is 1.44 bits per heavy atom. The molecule has 8 heteroatoms. The zero-order valence-electron chi connectivity index (χ0n) is 20.3. The Morgan fingerprint density at radius 3 is 2.03 bits per heavy atom. The van der Waals surface area contributed by atoms with E-state index in [0.717, 1.165) is 44.9 Å². The zero-order valence-corrected chi connectivity index (χ0v) is 21.1. The fourth-order valence-corrected chi connectivity index (χ4v) is 4.02. The number of rotatable bonds is 13. The lowest BCUT2D eigenvalue weighted by Gasteiger charge is -2.19. The summed E-state index contributed by atoms with van der Waals surface area (Å²) in [6.45, 7) is 5.62. The lowest BCUT2D eigenvalue weighted by atomic mass is 10.0. The first-order valence-corrected chi connectivity index (χ1v) is 13.3. The number of esters is 1. The molecule has 0 saturated heterocycles. The third-order valence-electron chi connectivity index (χ3n) is 5.15. The average Bonchev–Trinajstić information content (AvgIpc) is 2.73. The summed E-state index contributed by atoms with van der Waals surface area (Å²) in [5, 5.41) is 5.10. The van der Waals surface area contributed by atoms with Gasteiger partial charge in [0.15, 0.2) is 0 Å². The quantitative estimate of drug-likeness (QED) is 0.262. The summed E-state index contributed by atoms with van der Waals surface area (Å²) < 4.78 is 47.9. The van der Waals surface area contributed by atoms with Gasteiger partial charge in [0.05, 0.1) is 4.90 Å². The second-order valence-corrected chi connectivity index (χ2v) is 11.0. The van der Waals surface area contributed by atoms with Gasteiger partial charge in [-0.3, -0.25) is 4.79 Å². The number of sulfonamides is 1. The number of unbranched alkanes of at least 4 members (excludes halogenated alkanes) is 6. The molecule has 0 unspecified atom stereocenters. The van der Waals surface area contributed by atoms with Gasteiger partial charge in [-0.1, -0.05) is 32.1 Å². The van der Waals surface area contributed by atoms with Crippen LogP contribution in [0.15, 0.2) is 47.4 Å². The van der Waals surface area contributed by atoms with Crippen molar-refractivity contribution in [3.8, 4) is 11.5 Å². The van der Waals surface area contributed by atoms with Gasteiger partial charge in [0.25, 0.3) is 0 Å². The maximum atomic E-state index is 14.2. The van der Waals surface area contributed by atoms with Gasteiger partial charge in [0.1, 0.15) is 22.9 Å². The van der Waals surface area contributed by atoms with E-state index in [-0.39, 0.29) is 16.7 Å². The van der Waals surface area contributed by atoms with Gasteiger partial charge in [0, 0.05) is 6.42 Å². The minimum atomic E-state index is -3.76. The van der Waals surface area contributed by atoms with E-state index in [9.17, 15) is 17.6 Å². The molecule has 0 radical (unpaired) electrons. The molecule has 0 aliphatic heterocycles. The third kappa shape index (κ3) is 10.7. The number of halogens is 1. The summed E-state index contributed by atoms with van der Waals surface area (Å²) in [5.41, 5.74) is 0.167. The molecule has 0 aliphatic rings. The molecule has 0 saturated carbocycles. The predicted molar refractivity (Wildman–Crippen MR) is 131 cm³/mol. The molecule has 188 valence electrons. The van der Waals surface area contributed by atoms with Crippen LogP contribution in [0.3, 0.4) is 0 Å². The maximum absolute atomic E-state index is 14.2. The molecule has 0 amide bonds. The van der Waals surface area contributed by atoms with E-state index < -0.39 is 15.6 Å². The molecule has 0 heterocycles. The summed E-state index contributed by atoms with van der Waals surface area (Å²) >= 11 is 0. The normalized spacial score (nSPS) is 11.9. The van der Waals surface area contributed by atoms with Crippen molar-refractivity contribution < 1.29 is 27.1 Å². The van der Waals surface area contributed by atoms with Crippen molar-refractivity contribution in [1.82, 2.24) is 0 Å². The van der Waals surface area contributed by atoms with Crippen LogP contribution in [0.25, 0.3) is 0 Å². The summed E-state index contributed by atoms with van der Waals surface area (Å²) in [6, 6.07) is 10.4. The van der Waals surface area contributed by atoms with Crippen LogP contribution >= 0.6 is 0 Å². The van der Waals surface area contributed by atoms with Crippen LogP contribution in [0, 0.1) is 5.82 Å². The Bertz CT molecular complexity index is 1030. The van der Waals surface area contributed by atoms with Crippen molar-refractivity contribution in [1.29, 1.82) is 0 Å². The number of aryl methyl sites for hydroxylation is 1. The SMILES string of the molecule is CC(C)(C)OC(=O)CCCCCCCCCc1cc(Oc2ccc(S(N)(=O)=O)cc2)ccc1F. The predicted octanol–water partition coefficient (Wildman–Crippen LogP) is 6.27. The Hall–Kier alpha value is -2.45. The van der Waals surface area contributed by atoms with Gasteiger partial charge >= 0.3 is 5.97 Å². The molecule has 0 fully saturated rings. The van der Waals surface area contributed by atoms with Gasteiger partial charge in [-0.2, -0.15) is 0 Å². The van der Waals surface area contributed by atoms with Crippen molar-refractivity contribution in [2.24, 2.45) is 5.14 Å². The highest BCUT2D eigenvalue weighted by Gasteiger charge is 2.15. The van der Waals surface area contributed by atoms with Crippen LogP contribution in [-0.2, 0) is 26.0 Å². The highest BCUT2D eigenvalue weighted by molar-refractivity contribution is 7.89. The molecule has 0 atom stereocenters. The molecule has 2 rings (SSSR count). The zero-order chi connectivity index (χ0) is 25.2. The van der Waals surface area contributed by atoms with Crippen molar-refractivity contribution in [3.05, 3.63) is 53.8 Å². The smallest absolute Gasteiger partial charge is 0.306 e. The Balaban J connectivity index is 1.68. The number of carbonyl (C=O) groups is 1. The van der Waals surface area contributed by atoms with Gasteiger partial charge in [-0.25, -0.2) is 17.9 Å². The fraction of sp³-hybridized carbons (Fsp3) is 0.500. The largest absolute Gasteiger partial charge is 0.460 e. The van der Waals surface area contributed by atoms with Crippen molar-refractivity contribution in [2.75, 3.05) is 0 Å². The first kappa shape index (κ1) is 27.8. The second kappa shape index (κ2) is 12.9. The topological polar surface area (TPSA) is 95.7 Å². The Morgan fingerprint density at radius 1 is 0.882 bits per heavy atom. The molecule has 0 aromatic heterocycles. The van der Waals surface area contributed by atoms with E-state index in [4.69, 9.17) is 14.6 Å². The van der Waals surface area contributed by atoms with E-state index in [1.807, 2.05) is 20.8 Å².